The zero-order chi connectivity index (χ0) is 18.1. The maximum absolute atomic E-state index is 12.6. The van der Waals surface area contributed by atoms with Gasteiger partial charge in [0.1, 0.15) is 4.88 Å². The van der Waals surface area contributed by atoms with Crippen molar-refractivity contribution in [2.45, 2.75) is 28.6 Å². The van der Waals surface area contributed by atoms with Gasteiger partial charge in [-0.05, 0) is 41.8 Å². The summed E-state index contributed by atoms with van der Waals surface area (Å²) in [6, 6.07) is 19.8. The van der Waals surface area contributed by atoms with E-state index in [-0.39, 0.29) is 16.6 Å². The normalized spacial score (nSPS) is 13.1. The fourth-order valence-corrected chi connectivity index (χ4v) is 5.32. The van der Waals surface area contributed by atoms with Gasteiger partial charge < -0.3 is 5.11 Å². The average Bonchev–Trinajstić information content (AvgIpc) is 3.15. The molecule has 1 aromatic heterocycles. The minimum absolute atomic E-state index is 0.00990. The highest BCUT2D eigenvalue weighted by Crippen LogP contribution is 2.47. The Bertz CT molecular complexity index is 945. The number of carbonyl (C=O) groups is 2. The van der Waals surface area contributed by atoms with Gasteiger partial charge in [0.15, 0.2) is 5.78 Å². The molecule has 0 fully saturated rings. The molecule has 0 amide bonds. The maximum Gasteiger partial charge on any atom is 0.345 e. The van der Waals surface area contributed by atoms with Gasteiger partial charge in [0.25, 0.3) is 0 Å². The van der Waals surface area contributed by atoms with E-state index in [1.54, 1.807) is 17.8 Å². The summed E-state index contributed by atoms with van der Waals surface area (Å²) in [5.74, 6) is -0.789. The van der Waals surface area contributed by atoms with E-state index in [0.29, 0.717) is 17.7 Å². The van der Waals surface area contributed by atoms with Gasteiger partial charge in [-0.2, -0.15) is 0 Å². The Labute approximate surface area is 159 Å². The number of thiophene rings is 1. The van der Waals surface area contributed by atoms with E-state index < -0.39 is 5.97 Å². The number of hydrogen-bond donors (Lipinski definition) is 1. The van der Waals surface area contributed by atoms with Crippen molar-refractivity contribution in [3.63, 3.8) is 0 Å². The SMILES string of the molecule is O=C(O)c1ccc(C(=O)CCC2c3ccccc3Sc3ccccc32)s1. The Balaban J connectivity index is 1.58. The van der Waals surface area contributed by atoms with Crippen LogP contribution in [0.2, 0.25) is 0 Å². The standard InChI is InChI=1S/C21H16O3S2/c22-16(19-11-12-20(26-19)21(23)24)10-9-13-14-5-1-3-7-17(14)25-18-8-4-2-6-15(13)18/h1-8,11-13H,9-10H2,(H,23,24). The van der Waals surface area contributed by atoms with Gasteiger partial charge >= 0.3 is 5.97 Å². The summed E-state index contributed by atoms with van der Waals surface area (Å²) in [7, 11) is 0. The van der Waals surface area contributed by atoms with Crippen LogP contribution in [0.4, 0.5) is 0 Å². The molecule has 0 saturated heterocycles. The Kier molecular flexibility index (Phi) is 4.66. The Hall–Kier alpha value is -2.37. The van der Waals surface area contributed by atoms with Gasteiger partial charge in [-0.25, -0.2) is 4.79 Å². The third-order valence-electron chi connectivity index (χ3n) is 4.56. The first-order valence-corrected chi connectivity index (χ1v) is 9.99. The van der Waals surface area contributed by atoms with Crippen LogP contribution < -0.4 is 0 Å². The predicted octanol–water partition coefficient (Wildman–Crippen LogP) is 5.71. The molecule has 0 bridgehead atoms. The van der Waals surface area contributed by atoms with Crippen molar-refractivity contribution in [2.75, 3.05) is 0 Å². The van der Waals surface area contributed by atoms with E-state index in [1.165, 1.54) is 27.0 Å². The van der Waals surface area contributed by atoms with Crippen LogP contribution in [-0.2, 0) is 0 Å². The summed E-state index contributed by atoms with van der Waals surface area (Å²) < 4.78 is 0. The number of fused-ring (bicyclic) bond motifs is 2. The number of carboxylic acid groups (broad SMARTS) is 1. The van der Waals surface area contributed by atoms with Crippen molar-refractivity contribution in [1.82, 2.24) is 0 Å². The molecule has 4 rings (SSSR count). The van der Waals surface area contributed by atoms with Crippen LogP contribution in [0.15, 0.2) is 70.5 Å². The molecular weight excluding hydrogens is 364 g/mol. The molecule has 0 aliphatic carbocycles. The number of carbonyl (C=O) groups excluding carboxylic acids is 1. The molecule has 2 aromatic carbocycles. The maximum atomic E-state index is 12.6. The Morgan fingerprint density at radius 3 is 2.00 bits per heavy atom. The fourth-order valence-electron chi connectivity index (χ4n) is 3.32. The summed E-state index contributed by atoms with van der Waals surface area (Å²) in [5, 5.41) is 9.03. The summed E-state index contributed by atoms with van der Waals surface area (Å²) in [6.45, 7) is 0. The topological polar surface area (TPSA) is 54.4 Å². The molecule has 0 unspecified atom stereocenters. The number of benzene rings is 2. The van der Waals surface area contributed by atoms with E-state index in [0.717, 1.165) is 11.3 Å². The van der Waals surface area contributed by atoms with Crippen LogP contribution >= 0.6 is 23.1 Å². The smallest absolute Gasteiger partial charge is 0.345 e. The van der Waals surface area contributed by atoms with Gasteiger partial charge in [-0.3, -0.25) is 4.79 Å². The zero-order valence-corrected chi connectivity index (χ0v) is 15.5. The highest BCUT2D eigenvalue weighted by Gasteiger charge is 2.26. The van der Waals surface area contributed by atoms with Gasteiger partial charge in [0.2, 0.25) is 0 Å². The van der Waals surface area contributed by atoms with Crippen molar-refractivity contribution < 1.29 is 14.7 Å². The van der Waals surface area contributed by atoms with Crippen LogP contribution in [0.1, 0.15) is 49.2 Å². The average molecular weight is 380 g/mol. The van der Waals surface area contributed by atoms with Crippen molar-refractivity contribution in [3.8, 4) is 0 Å². The lowest BCUT2D eigenvalue weighted by Gasteiger charge is -2.27. The monoisotopic (exact) mass is 380 g/mol. The van der Waals surface area contributed by atoms with Gasteiger partial charge in [0, 0.05) is 22.1 Å². The van der Waals surface area contributed by atoms with Crippen LogP contribution in [-0.4, -0.2) is 16.9 Å². The Morgan fingerprint density at radius 2 is 1.42 bits per heavy atom. The molecule has 1 aliphatic rings. The number of ketones is 1. The largest absolute Gasteiger partial charge is 0.477 e. The molecule has 0 saturated carbocycles. The van der Waals surface area contributed by atoms with Crippen LogP contribution in [0.5, 0.6) is 0 Å². The molecule has 130 valence electrons. The number of rotatable bonds is 5. The van der Waals surface area contributed by atoms with E-state index in [9.17, 15) is 9.59 Å². The molecule has 3 aromatic rings. The van der Waals surface area contributed by atoms with Gasteiger partial charge in [0.05, 0.1) is 4.88 Å². The summed E-state index contributed by atoms with van der Waals surface area (Å²) in [4.78, 5) is 26.8. The molecule has 0 radical (unpaired) electrons. The first-order valence-electron chi connectivity index (χ1n) is 8.35. The minimum atomic E-state index is -0.985. The van der Waals surface area contributed by atoms with E-state index in [1.807, 2.05) is 24.3 Å². The number of Topliss-reactive ketones (excluding diaryl/α,β-unsaturated/α-hetero) is 1. The molecular formula is C21H16O3S2. The first kappa shape index (κ1) is 17.1. The summed E-state index contributed by atoms with van der Waals surface area (Å²) in [6.07, 6.45) is 1.12. The third kappa shape index (κ3) is 3.20. The van der Waals surface area contributed by atoms with Gasteiger partial charge in [-0.15, -0.1) is 11.3 Å². The second-order valence-electron chi connectivity index (χ2n) is 6.16. The zero-order valence-electron chi connectivity index (χ0n) is 13.8. The molecule has 26 heavy (non-hydrogen) atoms. The second-order valence-corrected chi connectivity index (χ2v) is 8.33. The molecule has 0 atom stereocenters. The highest BCUT2D eigenvalue weighted by molar-refractivity contribution is 7.99. The number of hydrogen-bond acceptors (Lipinski definition) is 4. The predicted molar refractivity (Wildman–Crippen MR) is 104 cm³/mol. The van der Waals surface area contributed by atoms with Gasteiger partial charge in [-0.1, -0.05) is 48.2 Å². The van der Waals surface area contributed by atoms with Crippen molar-refractivity contribution in [3.05, 3.63) is 81.5 Å². The van der Waals surface area contributed by atoms with Crippen molar-refractivity contribution in [2.24, 2.45) is 0 Å². The molecule has 1 aliphatic heterocycles. The second kappa shape index (κ2) is 7.09. The third-order valence-corrected chi connectivity index (χ3v) is 6.86. The van der Waals surface area contributed by atoms with E-state index in [2.05, 4.69) is 24.3 Å². The number of aromatic carboxylic acids is 1. The Morgan fingerprint density at radius 1 is 0.846 bits per heavy atom. The summed E-state index contributed by atoms with van der Waals surface area (Å²) in [5.41, 5.74) is 2.53. The first-order chi connectivity index (χ1) is 12.6. The quantitative estimate of drug-likeness (QED) is 0.576. The molecule has 0 spiro atoms. The van der Waals surface area contributed by atoms with E-state index >= 15 is 0 Å². The van der Waals surface area contributed by atoms with E-state index in [4.69, 9.17) is 5.11 Å². The molecule has 3 nitrogen and oxygen atoms in total. The number of carboxylic acids is 1. The summed E-state index contributed by atoms with van der Waals surface area (Å²) >= 11 is 2.83. The molecule has 2 heterocycles. The fraction of sp³-hybridized carbons (Fsp3) is 0.143. The van der Waals surface area contributed by atoms with Crippen LogP contribution in [0, 0.1) is 0 Å². The lowest BCUT2D eigenvalue weighted by Crippen LogP contribution is -2.10. The lowest BCUT2D eigenvalue weighted by atomic mass is 9.86. The highest BCUT2D eigenvalue weighted by atomic mass is 32.2. The van der Waals surface area contributed by atoms with Crippen molar-refractivity contribution >= 4 is 34.9 Å². The molecule has 1 N–H and O–H groups in total. The lowest BCUT2D eigenvalue weighted by molar-refractivity contribution is 0.0702. The minimum Gasteiger partial charge on any atom is -0.477 e. The van der Waals surface area contributed by atoms with Crippen LogP contribution in [0.25, 0.3) is 0 Å². The van der Waals surface area contributed by atoms with Crippen molar-refractivity contribution in [1.29, 1.82) is 0 Å². The van der Waals surface area contributed by atoms with Crippen LogP contribution in [0.3, 0.4) is 0 Å². The molecule has 5 heteroatoms.